The fourth-order valence-electron chi connectivity index (χ4n) is 3.66. The van der Waals surface area contributed by atoms with Gasteiger partial charge in [0.2, 0.25) is 0 Å². The zero-order valence-electron chi connectivity index (χ0n) is 14.2. The molecule has 3 heterocycles. The van der Waals surface area contributed by atoms with Crippen LogP contribution in [0.3, 0.4) is 0 Å². The van der Waals surface area contributed by atoms with E-state index in [9.17, 15) is 0 Å². The number of nitrogens with zero attached hydrogens (tertiary/aromatic N) is 3. The number of likely N-dealkylation sites (tertiary alicyclic amines) is 1. The number of pyridine rings is 1. The molecular weight excluding hydrogens is 296 g/mol. The van der Waals surface area contributed by atoms with Gasteiger partial charge in [-0.3, -0.25) is 4.90 Å². The summed E-state index contributed by atoms with van der Waals surface area (Å²) in [7, 11) is 0. The molecule has 1 aliphatic heterocycles. The number of rotatable bonds is 4. The molecule has 24 heavy (non-hydrogen) atoms. The maximum Gasteiger partial charge on any atom is 0.137 e. The van der Waals surface area contributed by atoms with Crippen molar-refractivity contribution in [1.82, 2.24) is 14.3 Å². The summed E-state index contributed by atoms with van der Waals surface area (Å²) in [6, 6.07) is 16.7. The molecule has 4 heteroatoms. The third-order valence-electron chi connectivity index (χ3n) is 5.18. The van der Waals surface area contributed by atoms with Gasteiger partial charge in [-0.25, -0.2) is 4.98 Å². The normalized spacial score (nSPS) is 21.6. The van der Waals surface area contributed by atoms with E-state index in [1.165, 1.54) is 17.7 Å². The molecule has 1 unspecified atom stereocenters. The number of imidazole rings is 1. The van der Waals surface area contributed by atoms with Crippen molar-refractivity contribution in [2.45, 2.75) is 19.9 Å². The van der Waals surface area contributed by atoms with Gasteiger partial charge in [-0.05, 0) is 37.1 Å². The lowest BCUT2D eigenvalue weighted by atomic mass is 9.90. The monoisotopic (exact) mass is 320 g/mol. The Hall–Kier alpha value is -2.17. The summed E-state index contributed by atoms with van der Waals surface area (Å²) >= 11 is 0. The van der Waals surface area contributed by atoms with E-state index in [0.29, 0.717) is 0 Å². The molecule has 1 aliphatic rings. The lowest BCUT2D eigenvalue weighted by Gasteiger charge is -2.22. The van der Waals surface area contributed by atoms with Crippen molar-refractivity contribution < 1.29 is 0 Å². The summed E-state index contributed by atoms with van der Waals surface area (Å²) in [4.78, 5) is 7.40. The lowest BCUT2D eigenvalue weighted by Crippen LogP contribution is -2.31. The molecule has 0 saturated carbocycles. The Morgan fingerprint density at radius 3 is 2.67 bits per heavy atom. The number of nitrogens with two attached hydrogens (primary N) is 1. The Morgan fingerprint density at radius 2 is 1.92 bits per heavy atom. The molecule has 0 aliphatic carbocycles. The molecule has 4 rings (SSSR count). The van der Waals surface area contributed by atoms with Gasteiger partial charge in [0.15, 0.2) is 0 Å². The van der Waals surface area contributed by atoms with E-state index < -0.39 is 0 Å². The smallest absolute Gasteiger partial charge is 0.137 e. The predicted molar refractivity (Wildman–Crippen MR) is 97.7 cm³/mol. The molecule has 3 aromatic rings. The molecule has 0 spiro atoms. The van der Waals surface area contributed by atoms with Gasteiger partial charge in [-0.1, -0.05) is 43.3 Å². The fraction of sp³-hybridized carbons (Fsp3) is 0.350. The van der Waals surface area contributed by atoms with Crippen LogP contribution in [0.4, 0.5) is 0 Å². The quantitative estimate of drug-likeness (QED) is 0.803. The molecule has 0 bridgehead atoms. The standard InChI is InChI=1S/C20H24N4/c1-20(14-21)10-12-23(15-20)13-17-19(16-7-3-2-4-8-16)22-18-9-5-6-11-24(17)18/h2-9,11H,10,12-15,21H2,1H3. The van der Waals surface area contributed by atoms with E-state index in [1.54, 1.807) is 0 Å². The van der Waals surface area contributed by atoms with Crippen LogP contribution in [0.1, 0.15) is 19.0 Å². The van der Waals surface area contributed by atoms with Crippen LogP contribution in [-0.2, 0) is 6.54 Å². The first-order valence-electron chi connectivity index (χ1n) is 8.62. The molecule has 1 saturated heterocycles. The second kappa shape index (κ2) is 6.04. The molecule has 4 nitrogen and oxygen atoms in total. The Kier molecular flexibility index (Phi) is 3.87. The maximum atomic E-state index is 5.97. The average Bonchev–Trinajstić information content (AvgIpc) is 3.18. The third kappa shape index (κ3) is 2.72. The average molecular weight is 320 g/mol. The lowest BCUT2D eigenvalue weighted by molar-refractivity contribution is 0.272. The van der Waals surface area contributed by atoms with E-state index in [4.69, 9.17) is 10.7 Å². The summed E-state index contributed by atoms with van der Waals surface area (Å²) in [5.41, 5.74) is 10.7. The Bertz CT molecular complexity index is 839. The van der Waals surface area contributed by atoms with Gasteiger partial charge >= 0.3 is 0 Å². The number of aromatic nitrogens is 2. The summed E-state index contributed by atoms with van der Waals surface area (Å²) < 4.78 is 2.22. The summed E-state index contributed by atoms with van der Waals surface area (Å²) in [6.07, 6.45) is 3.28. The van der Waals surface area contributed by atoms with Crippen LogP contribution in [0, 0.1) is 5.41 Å². The molecule has 1 aromatic carbocycles. The number of hydrogen-bond acceptors (Lipinski definition) is 3. The van der Waals surface area contributed by atoms with Gasteiger partial charge < -0.3 is 10.1 Å². The Morgan fingerprint density at radius 1 is 1.12 bits per heavy atom. The van der Waals surface area contributed by atoms with E-state index in [-0.39, 0.29) is 5.41 Å². The highest BCUT2D eigenvalue weighted by Gasteiger charge is 2.33. The van der Waals surface area contributed by atoms with E-state index >= 15 is 0 Å². The Labute approximate surface area is 142 Å². The number of fused-ring (bicyclic) bond motifs is 1. The molecular formula is C20H24N4. The summed E-state index contributed by atoms with van der Waals surface area (Å²) in [5.74, 6) is 0. The van der Waals surface area contributed by atoms with E-state index in [1.807, 2.05) is 12.1 Å². The van der Waals surface area contributed by atoms with Gasteiger partial charge in [0, 0.05) is 24.8 Å². The first-order chi connectivity index (χ1) is 11.7. The van der Waals surface area contributed by atoms with Gasteiger partial charge in [0.1, 0.15) is 5.65 Å². The van der Waals surface area contributed by atoms with E-state index in [2.05, 4.69) is 58.8 Å². The SMILES string of the molecule is CC1(CN)CCN(Cc2c(-c3ccccc3)nc3ccccn23)C1. The fourth-order valence-corrected chi connectivity index (χ4v) is 3.66. The largest absolute Gasteiger partial charge is 0.330 e. The molecule has 0 radical (unpaired) electrons. The van der Waals surface area contributed by atoms with Crippen LogP contribution in [-0.4, -0.2) is 33.9 Å². The van der Waals surface area contributed by atoms with Crippen molar-refractivity contribution in [3.05, 3.63) is 60.4 Å². The van der Waals surface area contributed by atoms with Crippen molar-refractivity contribution >= 4 is 5.65 Å². The van der Waals surface area contributed by atoms with Gasteiger partial charge in [-0.15, -0.1) is 0 Å². The van der Waals surface area contributed by atoms with Gasteiger partial charge in [0.25, 0.3) is 0 Å². The van der Waals surface area contributed by atoms with Gasteiger partial charge in [0.05, 0.1) is 11.4 Å². The zero-order chi connectivity index (χ0) is 16.6. The molecule has 1 atom stereocenters. The molecule has 2 aromatic heterocycles. The minimum absolute atomic E-state index is 0.243. The number of benzene rings is 1. The topological polar surface area (TPSA) is 46.6 Å². The summed E-state index contributed by atoms with van der Waals surface area (Å²) in [6.45, 7) is 6.10. The molecule has 1 fully saturated rings. The van der Waals surface area contributed by atoms with Crippen LogP contribution >= 0.6 is 0 Å². The summed E-state index contributed by atoms with van der Waals surface area (Å²) in [5, 5.41) is 0. The molecule has 0 amide bonds. The first-order valence-corrected chi connectivity index (χ1v) is 8.62. The van der Waals surface area contributed by atoms with Crippen LogP contribution in [0.5, 0.6) is 0 Å². The van der Waals surface area contributed by atoms with Crippen LogP contribution < -0.4 is 5.73 Å². The minimum Gasteiger partial charge on any atom is -0.330 e. The molecule has 2 N–H and O–H groups in total. The van der Waals surface area contributed by atoms with Crippen molar-refractivity contribution in [2.24, 2.45) is 11.1 Å². The van der Waals surface area contributed by atoms with Crippen molar-refractivity contribution in [3.8, 4) is 11.3 Å². The van der Waals surface area contributed by atoms with E-state index in [0.717, 1.165) is 37.5 Å². The van der Waals surface area contributed by atoms with Crippen molar-refractivity contribution in [1.29, 1.82) is 0 Å². The van der Waals surface area contributed by atoms with Crippen LogP contribution in [0.15, 0.2) is 54.7 Å². The predicted octanol–water partition coefficient (Wildman–Crippen LogP) is 3.17. The zero-order valence-corrected chi connectivity index (χ0v) is 14.2. The maximum absolute atomic E-state index is 5.97. The highest BCUT2D eigenvalue weighted by atomic mass is 15.2. The first kappa shape index (κ1) is 15.4. The number of hydrogen-bond donors (Lipinski definition) is 1. The Balaban J connectivity index is 1.74. The second-order valence-corrected chi connectivity index (χ2v) is 7.18. The second-order valence-electron chi connectivity index (χ2n) is 7.18. The highest BCUT2D eigenvalue weighted by molar-refractivity contribution is 5.66. The third-order valence-corrected chi connectivity index (χ3v) is 5.18. The van der Waals surface area contributed by atoms with Crippen LogP contribution in [0.2, 0.25) is 0 Å². The van der Waals surface area contributed by atoms with Gasteiger partial charge in [-0.2, -0.15) is 0 Å². The van der Waals surface area contributed by atoms with Crippen LogP contribution in [0.25, 0.3) is 16.9 Å². The van der Waals surface area contributed by atoms with Crippen molar-refractivity contribution in [2.75, 3.05) is 19.6 Å². The highest BCUT2D eigenvalue weighted by Crippen LogP contribution is 2.32. The minimum atomic E-state index is 0.243. The molecule has 124 valence electrons. The van der Waals surface area contributed by atoms with Crippen molar-refractivity contribution in [3.63, 3.8) is 0 Å².